The smallest absolute Gasteiger partial charge is 0.252 e. The van der Waals surface area contributed by atoms with Crippen molar-refractivity contribution in [3.8, 4) is 6.07 Å². The van der Waals surface area contributed by atoms with Crippen LogP contribution in [0.5, 0.6) is 0 Å². The molecule has 5 rings (SSSR count). The second-order valence-corrected chi connectivity index (χ2v) is 10.7. The molecular formula is C29H25ClF3N5O3. The van der Waals surface area contributed by atoms with Crippen LogP contribution in [0, 0.1) is 23.1 Å². The van der Waals surface area contributed by atoms with E-state index in [-0.39, 0.29) is 29.9 Å². The van der Waals surface area contributed by atoms with Crippen molar-refractivity contribution in [1.82, 2.24) is 10.3 Å². The number of nitrogens with zero attached hydrogens (tertiary/aromatic N) is 4. The first-order valence-corrected chi connectivity index (χ1v) is 13.5. The standard InChI is InChI=1S/C29H25ClF3N5O3/c30-22-7-2-1-6-21(22)26(27(40)36-19-14-29(32,33)15-19)37(20-5-3-4-18(31)13-20)28(41)23-8-9-25(39)38(23)24-12-17(16-34)10-11-35-24/h1-7,10-13,19,21-23,26H,8-9,14-15H2,(H,36,40)/t21?,22?,23-,26-/m0/s1. The van der Waals surface area contributed by atoms with Gasteiger partial charge in [0.1, 0.15) is 23.7 Å². The molecule has 12 heteroatoms. The van der Waals surface area contributed by atoms with Gasteiger partial charge in [0.25, 0.3) is 11.8 Å². The highest BCUT2D eigenvalue weighted by Crippen LogP contribution is 2.38. The van der Waals surface area contributed by atoms with Gasteiger partial charge in [-0.1, -0.05) is 30.4 Å². The largest absolute Gasteiger partial charge is 0.351 e. The number of anilines is 2. The molecule has 1 saturated carbocycles. The van der Waals surface area contributed by atoms with Gasteiger partial charge in [-0.15, -0.1) is 11.6 Å². The Bertz CT molecular complexity index is 1470. The van der Waals surface area contributed by atoms with E-state index in [1.54, 1.807) is 24.3 Å². The van der Waals surface area contributed by atoms with Crippen molar-refractivity contribution in [3.05, 3.63) is 78.3 Å². The number of alkyl halides is 3. The van der Waals surface area contributed by atoms with Crippen LogP contribution >= 0.6 is 11.6 Å². The van der Waals surface area contributed by atoms with Crippen molar-refractivity contribution in [3.63, 3.8) is 0 Å². The highest BCUT2D eigenvalue weighted by molar-refractivity contribution is 6.22. The number of hydrogen-bond acceptors (Lipinski definition) is 5. The molecule has 0 radical (unpaired) electrons. The topological polar surface area (TPSA) is 106 Å². The van der Waals surface area contributed by atoms with Gasteiger partial charge in [-0.25, -0.2) is 18.2 Å². The highest BCUT2D eigenvalue weighted by Gasteiger charge is 2.50. The summed E-state index contributed by atoms with van der Waals surface area (Å²) < 4.78 is 41.7. The molecule has 0 bridgehead atoms. The van der Waals surface area contributed by atoms with Crippen LogP contribution in [0.2, 0.25) is 0 Å². The summed E-state index contributed by atoms with van der Waals surface area (Å²) in [5.74, 6) is -6.18. The molecular weight excluding hydrogens is 559 g/mol. The molecule has 1 aliphatic heterocycles. The quantitative estimate of drug-likeness (QED) is 0.491. The van der Waals surface area contributed by atoms with Gasteiger partial charge in [-0.2, -0.15) is 5.26 Å². The number of aromatic nitrogens is 1. The first-order chi connectivity index (χ1) is 19.6. The fraction of sp³-hybridized carbons (Fsp3) is 0.345. The van der Waals surface area contributed by atoms with E-state index in [1.807, 2.05) is 6.07 Å². The third-order valence-corrected chi connectivity index (χ3v) is 7.83. The van der Waals surface area contributed by atoms with Gasteiger partial charge in [0.05, 0.1) is 17.0 Å². The summed E-state index contributed by atoms with van der Waals surface area (Å²) in [7, 11) is 0. The Labute approximate surface area is 239 Å². The zero-order chi connectivity index (χ0) is 29.3. The van der Waals surface area contributed by atoms with Crippen LogP contribution in [-0.4, -0.2) is 52.1 Å². The van der Waals surface area contributed by atoms with Crippen LogP contribution < -0.4 is 15.1 Å². The summed E-state index contributed by atoms with van der Waals surface area (Å²) in [5.41, 5.74) is 0.250. The molecule has 1 aromatic heterocycles. The number of hydrogen-bond donors (Lipinski definition) is 1. The number of nitrogens with one attached hydrogen (secondary N) is 1. The monoisotopic (exact) mass is 583 g/mol. The average molecular weight is 584 g/mol. The Balaban J connectivity index is 1.58. The lowest BCUT2D eigenvalue weighted by molar-refractivity contribution is -0.133. The minimum Gasteiger partial charge on any atom is -0.351 e. The lowest BCUT2D eigenvalue weighted by Gasteiger charge is -2.41. The Morgan fingerprint density at radius 1 is 1.20 bits per heavy atom. The number of rotatable bonds is 7. The van der Waals surface area contributed by atoms with Crippen molar-refractivity contribution in [2.75, 3.05) is 9.80 Å². The van der Waals surface area contributed by atoms with Gasteiger partial charge in [0.2, 0.25) is 11.8 Å². The number of pyridine rings is 1. The fourth-order valence-corrected chi connectivity index (χ4v) is 5.73. The summed E-state index contributed by atoms with van der Waals surface area (Å²) in [6.45, 7) is 0. The Kier molecular flexibility index (Phi) is 7.87. The molecule has 2 heterocycles. The van der Waals surface area contributed by atoms with Crippen molar-refractivity contribution < 1.29 is 27.6 Å². The van der Waals surface area contributed by atoms with Gasteiger partial charge in [0.15, 0.2) is 0 Å². The first-order valence-electron chi connectivity index (χ1n) is 13.0. The molecule has 1 saturated heterocycles. The van der Waals surface area contributed by atoms with E-state index in [0.717, 1.165) is 11.0 Å². The zero-order valence-electron chi connectivity index (χ0n) is 21.6. The maximum absolute atomic E-state index is 14.5. The molecule has 2 unspecified atom stereocenters. The minimum atomic E-state index is -2.90. The number of carbonyl (C=O) groups excluding carboxylic acids is 3. The number of benzene rings is 1. The number of carbonyl (C=O) groups is 3. The predicted molar refractivity (Wildman–Crippen MR) is 145 cm³/mol. The maximum Gasteiger partial charge on any atom is 0.252 e. The van der Waals surface area contributed by atoms with Crippen molar-refractivity contribution in [2.45, 2.75) is 55.1 Å². The van der Waals surface area contributed by atoms with Crippen LogP contribution in [-0.2, 0) is 14.4 Å². The SMILES string of the molecule is N#Cc1ccnc(N2C(=O)CC[C@H]2C(=O)N(c2cccc(F)c2)[C@H](C(=O)NC2CC(F)(F)C2)C2C=CC=CC2Cl)c1. The highest BCUT2D eigenvalue weighted by atomic mass is 35.5. The zero-order valence-corrected chi connectivity index (χ0v) is 22.3. The lowest BCUT2D eigenvalue weighted by Crippen LogP contribution is -2.62. The summed E-state index contributed by atoms with van der Waals surface area (Å²) >= 11 is 6.60. The van der Waals surface area contributed by atoms with Crippen LogP contribution in [0.3, 0.4) is 0 Å². The first kappa shape index (κ1) is 28.4. The normalized spacial score (nSPS) is 23.9. The third-order valence-electron chi connectivity index (χ3n) is 7.40. The fourth-order valence-electron chi connectivity index (χ4n) is 5.43. The van der Waals surface area contributed by atoms with Crippen LogP contribution in [0.4, 0.5) is 24.7 Å². The van der Waals surface area contributed by atoms with Gasteiger partial charge in [-0.3, -0.25) is 24.2 Å². The summed E-state index contributed by atoms with van der Waals surface area (Å²) in [6.07, 6.45) is 6.89. The molecule has 3 aliphatic rings. The molecule has 2 aromatic rings. The molecule has 2 aliphatic carbocycles. The number of halogens is 4. The minimum absolute atomic E-state index is 0.00984. The van der Waals surface area contributed by atoms with Crippen LogP contribution in [0.15, 0.2) is 66.9 Å². The van der Waals surface area contributed by atoms with Gasteiger partial charge >= 0.3 is 0 Å². The molecule has 3 amide bonds. The van der Waals surface area contributed by atoms with E-state index < -0.39 is 71.7 Å². The van der Waals surface area contributed by atoms with E-state index in [1.165, 1.54) is 41.4 Å². The van der Waals surface area contributed by atoms with E-state index in [0.29, 0.717) is 0 Å². The van der Waals surface area contributed by atoms with Crippen molar-refractivity contribution >= 4 is 40.8 Å². The molecule has 212 valence electrons. The average Bonchev–Trinajstić information content (AvgIpc) is 3.32. The number of nitriles is 1. The molecule has 0 spiro atoms. The Morgan fingerprint density at radius 2 is 1.95 bits per heavy atom. The molecule has 41 heavy (non-hydrogen) atoms. The molecule has 4 atom stereocenters. The summed E-state index contributed by atoms with van der Waals surface area (Å²) in [5, 5.41) is 11.2. The van der Waals surface area contributed by atoms with E-state index in [4.69, 9.17) is 11.6 Å². The Hall–Kier alpha value is -4.17. The van der Waals surface area contributed by atoms with E-state index in [9.17, 15) is 32.8 Å². The summed E-state index contributed by atoms with van der Waals surface area (Å²) in [4.78, 5) is 47.7. The van der Waals surface area contributed by atoms with Crippen LogP contribution in [0.1, 0.15) is 31.2 Å². The Morgan fingerprint density at radius 3 is 2.63 bits per heavy atom. The number of amides is 3. The van der Waals surface area contributed by atoms with Gasteiger partial charge in [0, 0.05) is 43.1 Å². The molecule has 2 fully saturated rings. The second kappa shape index (κ2) is 11.4. The number of allylic oxidation sites excluding steroid dienone is 3. The van der Waals surface area contributed by atoms with Crippen molar-refractivity contribution in [2.24, 2.45) is 5.92 Å². The maximum atomic E-state index is 14.5. The summed E-state index contributed by atoms with van der Waals surface area (Å²) in [6, 6.07) is 6.53. The molecule has 8 nitrogen and oxygen atoms in total. The molecule has 1 aromatic carbocycles. The van der Waals surface area contributed by atoms with Gasteiger partial charge in [-0.05, 0) is 36.8 Å². The second-order valence-electron chi connectivity index (χ2n) is 10.2. The van der Waals surface area contributed by atoms with E-state index in [2.05, 4.69) is 10.3 Å². The van der Waals surface area contributed by atoms with Crippen molar-refractivity contribution in [1.29, 1.82) is 5.26 Å². The predicted octanol–water partition coefficient (Wildman–Crippen LogP) is 4.25. The molecule has 1 N–H and O–H groups in total. The third kappa shape index (κ3) is 5.84. The van der Waals surface area contributed by atoms with Gasteiger partial charge < -0.3 is 5.32 Å². The lowest BCUT2D eigenvalue weighted by atomic mass is 9.86. The van der Waals surface area contributed by atoms with Crippen LogP contribution in [0.25, 0.3) is 0 Å². The van der Waals surface area contributed by atoms with E-state index >= 15 is 0 Å².